The number of rotatable bonds is 2. The molecule has 0 radical (unpaired) electrons. The lowest BCUT2D eigenvalue weighted by molar-refractivity contribution is -0.133. The van der Waals surface area contributed by atoms with E-state index >= 15 is 0 Å². The van der Waals surface area contributed by atoms with E-state index < -0.39 is 5.97 Å². The molecule has 0 saturated carbocycles. The van der Waals surface area contributed by atoms with Gasteiger partial charge in [0.1, 0.15) is 5.82 Å². The molecule has 0 aliphatic carbocycles. The van der Waals surface area contributed by atoms with Gasteiger partial charge in [-0.25, -0.2) is 9.78 Å². The Labute approximate surface area is 85.1 Å². The molecule has 0 aromatic carbocycles. The third kappa shape index (κ3) is 1.67. The molecular weight excluding hydrogens is 200 g/mol. The number of likely N-dealkylation sites (tertiary alicyclic amines) is 1. The Morgan fingerprint density at radius 2 is 2.20 bits per heavy atom. The number of hydrogen-bond acceptors (Lipinski definition) is 4. The number of carbonyl (C=O) groups is 2. The second kappa shape index (κ2) is 3.34. The van der Waals surface area contributed by atoms with E-state index in [0.29, 0.717) is 18.9 Å². The monoisotopic (exact) mass is 210 g/mol. The van der Waals surface area contributed by atoms with Crippen molar-refractivity contribution in [1.82, 2.24) is 20.1 Å². The van der Waals surface area contributed by atoms with Gasteiger partial charge in [0.05, 0.1) is 5.92 Å². The van der Waals surface area contributed by atoms with Crippen LogP contribution in [0.4, 0.5) is 0 Å². The second-order valence-electron chi connectivity index (χ2n) is 3.47. The molecule has 0 bridgehead atoms. The first kappa shape index (κ1) is 9.63. The van der Waals surface area contributed by atoms with Gasteiger partial charge in [-0.15, -0.1) is 5.10 Å². The van der Waals surface area contributed by atoms with Crippen LogP contribution in [0.3, 0.4) is 0 Å². The number of aromatic carboxylic acids is 1. The van der Waals surface area contributed by atoms with Crippen LogP contribution in [-0.4, -0.2) is 50.2 Å². The van der Waals surface area contributed by atoms with Crippen LogP contribution in [-0.2, 0) is 4.79 Å². The maximum Gasteiger partial charge on any atom is 0.375 e. The third-order valence-corrected chi connectivity index (χ3v) is 2.41. The maximum absolute atomic E-state index is 10.9. The van der Waals surface area contributed by atoms with Crippen LogP contribution >= 0.6 is 0 Å². The topological polar surface area (TPSA) is 99.2 Å². The van der Waals surface area contributed by atoms with E-state index in [1.165, 1.54) is 6.92 Å². The molecule has 0 spiro atoms. The van der Waals surface area contributed by atoms with Crippen molar-refractivity contribution in [3.05, 3.63) is 11.6 Å². The summed E-state index contributed by atoms with van der Waals surface area (Å²) < 4.78 is 0. The van der Waals surface area contributed by atoms with E-state index in [0.717, 1.165) is 0 Å². The number of carboxylic acids is 1. The van der Waals surface area contributed by atoms with Crippen LogP contribution in [0.2, 0.25) is 0 Å². The molecule has 1 aromatic rings. The average molecular weight is 210 g/mol. The molecule has 2 N–H and O–H groups in total. The highest BCUT2D eigenvalue weighted by Gasteiger charge is 2.32. The molecule has 1 aliphatic rings. The molecule has 7 heteroatoms. The van der Waals surface area contributed by atoms with Crippen molar-refractivity contribution >= 4 is 11.9 Å². The van der Waals surface area contributed by atoms with Crippen molar-refractivity contribution in [2.75, 3.05) is 13.1 Å². The first-order valence-electron chi connectivity index (χ1n) is 4.49. The van der Waals surface area contributed by atoms with Crippen LogP contribution in [0.1, 0.15) is 29.3 Å². The van der Waals surface area contributed by atoms with Gasteiger partial charge in [-0.05, 0) is 0 Å². The minimum Gasteiger partial charge on any atom is -0.475 e. The molecule has 7 nitrogen and oxygen atoms in total. The Bertz CT molecular complexity index is 408. The van der Waals surface area contributed by atoms with Gasteiger partial charge in [0, 0.05) is 20.0 Å². The van der Waals surface area contributed by atoms with Crippen molar-refractivity contribution in [2.45, 2.75) is 12.8 Å². The quantitative estimate of drug-likeness (QED) is 0.682. The zero-order valence-corrected chi connectivity index (χ0v) is 8.10. The fourth-order valence-electron chi connectivity index (χ4n) is 1.46. The van der Waals surface area contributed by atoms with Crippen LogP contribution in [0, 0.1) is 0 Å². The van der Waals surface area contributed by atoms with Gasteiger partial charge >= 0.3 is 5.97 Å². The van der Waals surface area contributed by atoms with Gasteiger partial charge in [0.2, 0.25) is 5.91 Å². The molecule has 0 unspecified atom stereocenters. The highest BCUT2D eigenvalue weighted by molar-refractivity contribution is 5.82. The molecule has 0 atom stereocenters. The van der Waals surface area contributed by atoms with Crippen molar-refractivity contribution in [2.24, 2.45) is 0 Å². The fraction of sp³-hybridized carbons (Fsp3) is 0.500. The van der Waals surface area contributed by atoms with Gasteiger partial charge in [0.15, 0.2) is 0 Å². The number of nitrogens with zero attached hydrogens (tertiary/aromatic N) is 3. The minimum absolute atomic E-state index is 0.0178. The van der Waals surface area contributed by atoms with Gasteiger partial charge in [0.25, 0.3) is 5.82 Å². The minimum atomic E-state index is -1.15. The van der Waals surface area contributed by atoms with Crippen molar-refractivity contribution in [1.29, 1.82) is 0 Å². The Morgan fingerprint density at radius 1 is 1.53 bits per heavy atom. The first-order chi connectivity index (χ1) is 7.08. The zero-order valence-electron chi connectivity index (χ0n) is 8.10. The Balaban J connectivity index is 2.01. The van der Waals surface area contributed by atoms with Crippen molar-refractivity contribution < 1.29 is 14.7 Å². The van der Waals surface area contributed by atoms with Crippen LogP contribution in [0.25, 0.3) is 0 Å². The standard InChI is InChI=1S/C8H10N4O3/c1-4(13)12-2-5(3-12)6-9-7(8(14)15)11-10-6/h5H,2-3H2,1H3,(H,14,15)(H,9,10,11). The summed E-state index contributed by atoms with van der Waals surface area (Å²) in [6.45, 7) is 2.65. The molecule has 80 valence electrons. The molecule has 15 heavy (non-hydrogen) atoms. The molecule has 1 amide bonds. The van der Waals surface area contributed by atoms with E-state index in [4.69, 9.17) is 5.11 Å². The summed E-state index contributed by atoms with van der Waals surface area (Å²) in [5.41, 5.74) is 0. The van der Waals surface area contributed by atoms with Gasteiger partial charge in [-0.1, -0.05) is 0 Å². The van der Waals surface area contributed by atoms with E-state index in [9.17, 15) is 9.59 Å². The number of hydrogen-bond donors (Lipinski definition) is 2. The van der Waals surface area contributed by atoms with E-state index in [-0.39, 0.29) is 17.6 Å². The smallest absolute Gasteiger partial charge is 0.375 e. The molecule has 2 rings (SSSR count). The summed E-state index contributed by atoms with van der Waals surface area (Å²) in [4.78, 5) is 26.9. The molecule has 1 fully saturated rings. The van der Waals surface area contributed by atoms with Gasteiger partial charge in [-0.3, -0.25) is 9.89 Å². The summed E-state index contributed by atoms with van der Waals surface area (Å²) in [6, 6.07) is 0. The molecule has 2 heterocycles. The Hall–Kier alpha value is -1.92. The largest absolute Gasteiger partial charge is 0.475 e. The molecule has 1 aliphatic heterocycles. The Kier molecular flexibility index (Phi) is 2.14. The number of carbonyl (C=O) groups excluding carboxylic acids is 1. The fourth-order valence-corrected chi connectivity index (χ4v) is 1.46. The summed E-state index contributed by atoms with van der Waals surface area (Å²) >= 11 is 0. The normalized spacial score (nSPS) is 16.2. The van der Waals surface area contributed by atoms with Crippen LogP contribution in [0.15, 0.2) is 0 Å². The lowest BCUT2D eigenvalue weighted by Crippen LogP contribution is -2.47. The van der Waals surface area contributed by atoms with Crippen LogP contribution in [0.5, 0.6) is 0 Å². The first-order valence-corrected chi connectivity index (χ1v) is 4.49. The van der Waals surface area contributed by atoms with Crippen LogP contribution < -0.4 is 0 Å². The van der Waals surface area contributed by atoms with E-state index in [1.54, 1.807) is 4.90 Å². The molecule has 1 saturated heterocycles. The predicted molar refractivity (Wildman–Crippen MR) is 48.3 cm³/mol. The average Bonchev–Trinajstić information content (AvgIpc) is 2.49. The number of nitrogens with one attached hydrogen (secondary N) is 1. The number of aromatic nitrogens is 3. The van der Waals surface area contributed by atoms with Crippen molar-refractivity contribution in [3.8, 4) is 0 Å². The van der Waals surface area contributed by atoms with Gasteiger partial charge < -0.3 is 10.0 Å². The second-order valence-corrected chi connectivity index (χ2v) is 3.47. The molecular formula is C8H10N4O3. The predicted octanol–water partition coefficient (Wildman–Crippen LogP) is -0.551. The lowest BCUT2D eigenvalue weighted by Gasteiger charge is -2.37. The highest BCUT2D eigenvalue weighted by Crippen LogP contribution is 2.23. The number of aromatic amines is 1. The zero-order chi connectivity index (χ0) is 11.0. The number of amides is 1. The van der Waals surface area contributed by atoms with E-state index in [2.05, 4.69) is 15.2 Å². The highest BCUT2D eigenvalue weighted by atomic mass is 16.4. The number of carboxylic acid groups (broad SMARTS) is 1. The SMILES string of the molecule is CC(=O)N1CC(c2nc(C(=O)O)n[nH]2)C1. The van der Waals surface area contributed by atoms with Gasteiger partial charge in [-0.2, -0.15) is 0 Å². The van der Waals surface area contributed by atoms with Crippen molar-refractivity contribution in [3.63, 3.8) is 0 Å². The number of H-pyrrole nitrogens is 1. The Morgan fingerprint density at radius 3 is 2.67 bits per heavy atom. The van der Waals surface area contributed by atoms with E-state index in [1.807, 2.05) is 0 Å². The third-order valence-electron chi connectivity index (χ3n) is 2.41. The maximum atomic E-state index is 10.9. The lowest BCUT2D eigenvalue weighted by atomic mass is 10.00. The molecule has 1 aromatic heterocycles. The summed E-state index contributed by atoms with van der Waals surface area (Å²) in [6.07, 6.45) is 0. The summed E-state index contributed by atoms with van der Waals surface area (Å²) in [5, 5.41) is 14.7. The summed E-state index contributed by atoms with van der Waals surface area (Å²) in [7, 11) is 0. The summed E-state index contributed by atoms with van der Waals surface area (Å²) in [5.74, 6) is -0.754.